The fourth-order valence-electron chi connectivity index (χ4n) is 2.10. The van der Waals surface area contributed by atoms with Crippen LogP contribution in [0.2, 0.25) is 5.02 Å². The van der Waals surface area contributed by atoms with Crippen molar-refractivity contribution >= 4 is 17.3 Å². The SMILES string of the molecule is C[N+]1(c2cccc(Cl)c2)CCCC1.[I-]. The lowest BCUT2D eigenvalue weighted by Crippen LogP contribution is -3.00. The smallest absolute Gasteiger partial charge is 0.134 e. The highest BCUT2D eigenvalue weighted by Gasteiger charge is 2.29. The van der Waals surface area contributed by atoms with E-state index in [1.165, 1.54) is 31.6 Å². The van der Waals surface area contributed by atoms with Crippen LogP contribution in [0.15, 0.2) is 24.3 Å². The molecule has 1 aliphatic rings. The van der Waals surface area contributed by atoms with Crippen molar-refractivity contribution in [1.29, 1.82) is 0 Å². The number of rotatable bonds is 1. The van der Waals surface area contributed by atoms with Gasteiger partial charge in [0.2, 0.25) is 0 Å². The monoisotopic (exact) mass is 323 g/mol. The van der Waals surface area contributed by atoms with Crippen LogP contribution in [0.25, 0.3) is 0 Å². The Labute approximate surface area is 108 Å². The third kappa shape index (κ3) is 2.41. The summed E-state index contributed by atoms with van der Waals surface area (Å²) in [7, 11) is 2.29. The molecule has 0 bridgehead atoms. The van der Waals surface area contributed by atoms with E-state index < -0.39 is 0 Å². The van der Waals surface area contributed by atoms with Crippen LogP contribution in [0.4, 0.5) is 5.69 Å². The maximum Gasteiger partial charge on any atom is 0.134 e. The van der Waals surface area contributed by atoms with E-state index in [2.05, 4.69) is 19.2 Å². The summed E-state index contributed by atoms with van der Waals surface area (Å²) in [4.78, 5) is 0. The molecule has 1 nitrogen and oxygen atoms in total. The molecule has 1 aliphatic heterocycles. The fourth-order valence-corrected chi connectivity index (χ4v) is 2.29. The number of likely N-dealkylation sites (tertiary alicyclic amines) is 1. The summed E-state index contributed by atoms with van der Waals surface area (Å²) in [5, 5.41) is 0.851. The third-order valence-electron chi connectivity index (χ3n) is 2.98. The van der Waals surface area contributed by atoms with Crippen LogP contribution in [0.5, 0.6) is 0 Å². The van der Waals surface area contributed by atoms with Gasteiger partial charge in [-0.15, -0.1) is 0 Å². The molecular weight excluding hydrogens is 308 g/mol. The van der Waals surface area contributed by atoms with Crippen LogP contribution in [0, 0.1) is 0 Å². The van der Waals surface area contributed by atoms with E-state index in [9.17, 15) is 0 Å². The van der Waals surface area contributed by atoms with Crippen molar-refractivity contribution in [3.8, 4) is 0 Å². The standard InChI is InChI=1S/C11H15ClN.HI/c1-13(7-2-3-8-13)11-6-4-5-10(12)9-11;/h4-6,9H,2-3,7-8H2,1H3;1H/q+1;/p-1. The van der Waals surface area contributed by atoms with E-state index in [1.807, 2.05) is 12.1 Å². The number of halogens is 2. The van der Waals surface area contributed by atoms with Crippen molar-refractivity contribution in [2.24, 2.45) is 0 Å². The first-order chi connectivity index (χ1) is 6.21. The molecule has 0 spiro atoms. The van der Waals surface area contributed by atoms with Gasteiger partial charge in [-0.05, 0) is 12.1 Å². The number of benzene rings is 1. The average molecular weight is 324 g/mol. The summed E-state index contributed by atoms with van der Waals surface area (Å²) in [6, 6.07) is 8.25. The Morgan fingerprint density at radius 1 is 1.21 bits per heavy atom. The van der Waals surface area contributed by atoms with Gasteiger partial charge in [0.1, 0.15) is 5.69 Å². The van der Waals surface area contributed by atoms with Crippen molar-refractivity contribution < 1.29 is 24.0 Å². The summed E-state index contributed by atoms with van der Waals surface area (Å²) in [6.07, 6.45) is 2.67. The van der Waals surface area contributed by atoms with Gasteiger partial charge >= 0.3 is 0 Å². The molecule has 1 aromatic rings. The molecule has 0 aromatic heterocycles. The zero-order valence-corrected chi connectivity index (χ0v) is 11.3. The largest absolute Gasteiger partial charge is 1.00 e. The predicted octanol–water partition coefficient (Wildman–Crippen LogP) is 0.0749. The predicted molar refractivity (Wildman–Crippen MR) is 58.1 cm³/mol. The number of hydrogen-bond donors (Lipinski definition) is 0. The molecule has 1 fully saturated rings. The lowest BCUT2D eigenvalue weighted by atomic mass is 10.2. The molecule has 0 aliphatic carbocycles. The van der Waals surface area contributed by atoms with Crippen LogP contribution in [0.3, 0.4) is 0 Å². The summed E-state index contributed by atoms with van der Waals surface area (Å²) in [5.41, 5.74) is 1.35. The molecule has 2 rings (SSSR count). The zero-order valence-electron chi connectivity index (χ0n) is 8.34. The Hall–Kier alpha value is 0.200. The first kappa shape index (κ1) is 12.3. The van der Waals surface area contributed by atoms with Crippen molar-refractivity contribution in [3.63, 3.8) is 0 Å². The van der Waals surface area contributed by atoms with Gasteiger partial charge in [-0.1, -0.05) is 17.7 Å². The maximum absolute atomic E-state index is 5.98. The summed E-state index contributed by atoms with van der Waals surface area (Å²) >= 11 is 5.98. The Kier molecular flexibility index (Phi) is 4.22. The molecule has 14 heavy (non-hydrogen) atoms. The summed E-state index contributed by atoms with van der Waals surface area (Å²) < 4.78 is 1.06. The first-order valence-electron chi connectivity index (χ1n) is 4.81. The molecule has 1 aromatic carbocycles. The topological polar surface area (TPSA) is 0 Å². The van der Waals surface area contributed by atoms with E-state index in [-0.39, 0.29) is 24.0 Å². The van der Waals surface area contributed by atoms with Crippen molar-refractivity contribution in [2.75, 3.05) is 20.1 Å². The van der Waals surface area contributed by atoms with Gasteiger partial charge in [0.05, 0.1) is 20.1 Å². The second-order valence-electron chi connectivity index (χ2n) is 4.03. The third-order valence-corrected chi connectivity index (χ3v) is 3.22. The number of quaternary nitrogens is 1. The molecule has 0 unspecified atom stereocenters. The minimum atomic E-state index is 0. The van der Waals surface area contributed by atoms with Crippen molar-refractivity contribution in [1.82, 2.24) is 4.48 Å². The molecule has 1 saturated heterocycles. The van der Waals surface area contributed by atoms with Gasteiger partial charge < -0.3 is 24.0 Å². The van der Waals surface area contributed by atoms with Crippen LogP contribution in [-0.2, 0) is 0 Å². The number of nitrogens with zero attached hydrogens (tertiary/aromatic N) is 1. The molecule has 0 N–H and O–H groups in total. The van der Waals surface area contributed by atoms with Crippen molar-refractivity contribution in [3.05, 3.63) is 29.3 Å². The van der Waals surface area contributed by atoms with Gasteiger partial charge in [0, 0.05) is 23.9 Å². The highest BCUT2D eigenvalue weighted by atomic mass is 127. The van der Waals surface area contributed by atoms with Crippen LogP contribution in [-0.4, -0.2) is 20.1 Å². The Morgan fingerprint density at radius 3 is 2.43 bits per heavy atom. The van der Waals surface area contributed by atoms with Gasteiger partial charge in [-0.25, -0.2) is 0 Å². The van der Waals surface area contributed by atoms with E-state index in [4.69, 9.17) is 11.6 Å². The van der Waals surface area contributed by atoms with Crippen LogP contribution >= 0.6 is 11.6 Å². The van der Waals surface area contributed by atoms with E-state index in [1.54, 1.807) is 0 Å². The van der Waals surface area contributed by atoms with Crippen LogP contribution < -0.4 is 28.5 Å². The van der Waals surface area contributed by atoms with Gasteiger partial charge in [0.15, 0.2) is 0 Å². The Bertz CT molecular complexity index is 308. The molecule has 1 heterocycles. The zero-order chi connectivity index (χ0) is 9.31. The minimum Gasteiger partial charge on any atom is -1.00 e. The van der Waals surface area contributed by atoms with E-state index >= 15 is 0 Å². The van der Waals surface area contributed by atoms with Crippen LogP contribution in [0.1, 0.15) is 12.8 Å². The quantitative estimate of drug-likeness (QED) is 0.507. The Morgan fingerprint density at radius 2 is 1.86 bits per heavy atom. The molecule has 0 radical (unpaired) electrons. The lowest BCUT2D eigenvalue weighted by Gasteiger charge is -2.28. The second-order valence-corrected chi connectivity index (χ2v) is 4.47. The van der Waals surface area contributed by atoms with Gasteiger partial charge in [-0.2, -0.15) is 0 Å². The number of hydrogen-bond acceptors (Lipinski definition) is 0. The van der Waals surface area contributed by atoms with Crippen molar-refractivity contribution in [2.45, 2.75) is 12.8 Å². The van der Waals surface area contributed by atoms with Gasteiger partial charge in [-0.3, -0.25) is 4.48 Å². The van der Waals surface area contributed by atoms with Gasteiger partial charge in [0.25, 0.3) is 0 Å². The molecule has 0 saturated carbocycles. The molecule has 0 atom stereocenters. The fraction of sp³-hybridized carbons (Fsp3) is 0.455. The molecule has 0 amide bonds. The Balaban J connectivity index is 0.000000980. The second kappa shape index (κ2) is 4.81. The lowest BCUT2D eigenvalue weighted by molar-refractivity contribution is -0.00000265. The highest BCUT2D eigenvalue weighted by Crippen LogP contribution is 2.28. The maximum atomic E-state index is 5.98. The molecule has 3 heteroatoms. The van der Waals surface area contributed by atoms with E-state index in [0.29, 0.717) is 0 Å². The van der Waals surface area contributed by atoms with E-state index in [0.717, 1.165) is 9.51 Å². The summed E-state index contributed by atoms with van der Waals surface area (Å²) in [5.74, 6) is 0. The minimum absolute atomic E-state index is 0. The average Bonchev–Trinajstić information content (AvgIpc) is 2.54. The first-order valence-corrected chi connectivity index (χ1v) is 5.19. The molecule has 78 valence electrons. The normalized spacial score (nSPS) is 19.0. The summed E-state index contributed by atoms with van der Waals surface area (Å²) in [6.45, 7) is 2.50. The molecular formula is C11H15ClIN. The highest BCUT2D eigenvalue weighted by molar-refractivity contribution is 6.30.